The first-order valence-electron chi connectivity index (χ1n) is 4.47. The Kier molecular flexibility index (Phi) is 4.02. The summed E-state index contributed by atoms with van der Waals surface area (Å²) >= 11 is 7.48. The van der Waals surface area contributed by atoms with Crippen molar-refractivity contribution < 1.29 is 4.79 Å². The van der Waals surface area contributed by atoms with E-state index in [-0.39, 0.29) is 5.78 Å². The summed E-state index contributed by atoms with van der Waals surface area (Å²) in [4.78, 5) is 12.5. The molecule has 1 fully saturated rings. The molecule has 0 saturated carbocycles. The van der Waals surface area contributed by atoms with E-state index in [1.54, 1.807) is 23.9 Å². The highest BCUT2D eigenvalue weighted by Gasteiger charge is 2.24. The van der Waals surface area contributed by atoms with Gasteiger partial charge in [0.2, 0.25) is 0 Å². The molecule has 0 radical (unpaired) electrons. The molecule has 1 rings (SSSR count). The molecule has 0 bridgehead atoms. The third-order valence-electron chi connectivity index (χ3n) is 1.98. The van der Waals surface area contributed by atoms with Crippen molar-refractivity contribution in [3.05, 3.63) is 34.2 Å². The largest absolute Gasteiger partial charge is 0.294 e. The van der Waals surface area contributed by atoms with Gasteiger partial charge >= 0.3 is 0 Å². The van der Waals surface area contributed by atoms with E-state index in [1.165, 1.54) is 0 Å². The van der Waals surface area contributed by atoms with Crippen molar-refractivity contribution in [2.75, 3.05) is 0 Å². The van der Waals surface area contributed by atoms with Crippen molar-refractivity contribution in [3.63, 3.8) is 0 Å². The number of hydrogen-bond acceptors (Lipinski definition) is 2. The van der Waals surface area contributed by atoms with Crippen LogP contribution in [0, 0.1) is 0 Å². The Morgan fingerprint density at radius 1 is 1.71 bits per heavy atom. The molecule has 0 N–H and O–H groups in total. The number of halogens is 1. The summed E-state index contributed by atoms with van der Waals surface area (Å²) in [5.41, 5.74) is 0.663. The first kappa shape index (κ1) is 11.6. The summed E-state index contributed by atoms with van der Waals surface area (Å²) < 4.78 is 0. The number of rotatable bonds is 1. The number of Topliss-reactive ketones (excluding diaryl/α,β-unsaturated/α-hetero) is 1. The van der Waals surface area contributed by atoms with Gasteiger partial charge in [0.15, 0.2) is 5.78 Å². The van der Waals surface area contributed by atoms with Gasteiger partial charge in [0.05, 0.1) is 0 Å². The molecule has 0 spiro atoms. The van der Waals surface area contributed by atoms with Crippen LogP contribution in [0.5, 0.6) is 0 Å². The molecule has 0 aromatic rings. The summed E-state index contributed by atoms with van der Waals surface area (Å²) in [7, 11) is 0. The normalized spacial score (nSPS) is 27.2. The lowest BCUT2D eigenvalue weighted by molar-refractivity contribution is -0.115. The lowest BCUT2D eigenvalue weighted by Crippen LogP contribution is -2.16. The molecule has 1 unspecified atom stereocenters. The second-order valence-corrected chi connectivity index (χ2v) is 5.18. The van der Waals surface area contributed by atoms with Crippen LogP contribution >= 0.6 is 23.4 Å². The molecular weight excluding hydrogens is 216 g/mol. The smallest absolute Gasteiger partial charge is 0.165 e. The van der Waals surface area contributed by atoms with Crippen LogP contribution in [0.15, 0.2) is 34.2 Å². The molecule has 0 amide bonds. The molecule has 1 nitrogen and oxygen atoms in total. The standard InChI is InChI=1S/C11H13ClOS/c1-4-9(12)6-10-8(3)14-7(2)5-11(10)13/h4,6-7H,3,5H2,1-2H3/b9-4+,10-6+. The quantitative estimate of drug-likeness (QED) is 0.637. The Labute approximate surface area is 93.9 Å². The van der Waals surface area contributed by atoms with Crippen LogP contribution in [-0.4, -0.2) is 11.0 Å². The Hall–Kier alpha value is -0.470. The predicted molar refractivity (Wildman–Crippen MR) is 63.5 cm³/mol. The average Bonchev–Trinajstić information content (AvgIpc) is 2.10. The number of ketones is 1. The van der Waals surface area contributed by atoms with Gasteiger partial charge in [-0.25, -0.2) is 0 Å². The first-order chi connectivity index (χ1) is 6.54. The number of carbonyl (C=O) groups excluding carboxylic acids is 1. The van der Waals surface area contributed by atoms with Gasteiger partial charge in [-0.15, -0.1) is 11.8 Å². The molecular formula is C11H13ClOS. The van der Waals surface area contributed by atoms with Gasteiger partial charge in [-0.1, -0.05) is 31.2 Å². The minimum Gasteiger partial charge on any atom is -0.294 e. The van der Waals surface area contributed by atoms with Gasteiger partial charge < -0.3 is 0 Å². The summed E-state index contributed by atoms with van der Waals surface area (Å²) in [6, 6.07) is 0. The number of thioether (sulfide) groups is 1. The fraction of sp³-hybridized carbons (Fsp3) is 0.364. The lowest BCUT2D eigenvalue weighted by Gasteiger charge is -2.20. The molecule has 0 aliphatic carbocycles. The third-order valence-corrected chi connectivity index (χ3v) is 3.38. The Bertz CT molecular complexity index is 308. The van der Waals surface area contributed by atoms with Gasteiger partial charge in [0.25, 0.3) is 0 Å². The summed E-state index contributed by atoms with van der Waals surface area (Å²) in [5.74, 6) is 0.140. The van der Waals surface area contributed by atoms with E-state index in [0.717, 1.165) is 4.91 Å². The van der Waals surface area contributed by atoms with Crippen molar-refractivity contribution in [1.82, 2.24) is 0 Å². The fourth-order valence-corrected chi connectivity index (χ4v) is 2.39. The summed E-state index contributed by atoms with van der Waals surface area (Å²) in [6.07, 6.45) is 4.03. The summed E-state index contributed by atoms with van der Waals surface area (Å²) in [6.45, 7) is 7.74. The highest BCUT2D eigenvalue weighted by atomic mass is 35.5. The Balaban J connectivity index is 2.93. The van der Waals surface area contributed by atoms with Crippen LogP contribution in [0.3, 0.4) is 0 Å². The Morgan fingerprint density at radius 3 is 2.86 bits per heavy atom. The number of hydrogen-bond donors (Lipinski definition) is 0. The van der Waals surface area contributed by atoms with E-state index in [9.17, 15) is 4.79 Å². The molecule has 0 aromatic carbocycles. The monoisotopic (exact) mass is 228 g/mol. The van der Waals surface area contributed by atoms with Crippen molar-refractivity contribution in [3.8, 4) is 0 Å². The van der Waals surface area contributed by atoms with E-state index in [1.807, 2.05) is 13.8 Å². The van der Waals surface area contributed by atoms with Crippen LogP contribution in [0.25, 0.3) is 0 Å². The van der Waals surface area contributed by atoms with Gasteiger partial charge in [0.1, 0.15) is 0 Å². The maximum atomic E-state index is 11.6. The molecule has 14 heavy (non-hydrogen) atoms. The zero-order chi connectivity index (χ0) is 10.7. The highest BCUT2D eigenvalue weighted by Crippen LogP contribution is 2.36. The SMILES string of the molecule is C=C1SC(C)CC(=O)/C1=C/C(Cl)=C\C. The van der Waals surface area contributed by atoms with Gasteiger partial charge in [-0.3, -0.25) is 4.79 Å². The van der Waals surface area contributed by atoms with Crippen LogP contribution in [0.4, 0.5) is 0 Å². The maximum Gasteiger partial charge on any atom is 0.165 e. The number of carbonyl (C=O) groups is 1. The first-order valence-corrected chi connectivity index (χ1v) is 5.73. The fourth-order valence-electron chi connectivity index (χ4n) is 1.26. The third kappa shape index (κ3) is 2.76. The van der Waals surface area contributed by atoms with Crippen molar-refractivity contribution in [2.24, 2.45) is 0 Å². The molecule has 1 aliphatic heterocycles. The minimum atomic E-state index is 0.140. The van der Waals surface area contributed by atoms with Gasteiger partial charge in [-0.05, 0) is 13.0 Å². The van der Waals surface area contributed by atoms with Gasteiger partial charge in [0, 0.05) is 27.2 Å². The van der Waals surface area contributed by atoms with E-state index in [4.69, 9.17) is 11.6 Å². The topological polar surface area (TPSA) is 17.1 Å². The second kappa shape index (κ2) is 4.85. The van der Waals surface area contributed by atoms with E-state index in [2.05, 4.69) is 6.58 Å². The highest BCUT2D eigenvalue weighted by molar-refractivity contribution is 8.04. The predicted octanol–water partition coefficient (Wildman–Crippen LogP) is 3.66. The lowest BCUT2D eigenvalue weighted by atomic mass is 10.1. The molecule has 1 heterocycles. The van der Waals surface area contributed by atoms with Crippen LogP contribution in [0.1, 0.15) is 20.3 Å². The molecule has 3 heteroatoms. The second-order valence-electron chi connectivity index (χ2n) is 3.21. The summed E-state index contributed by atoms with van der Waals surface area (Å²) in [5, 5.41) is 0.918. The molecule has 0 aromatic heterocycles. The average molecular weight is 229 g/mol. The zero-order valence-corrected chi connectivity index (χ0v) is 9.91. The van der Waals surface area contributed by atoms with E-state index in [0.29, 0.717) is 22.3 Å². The minimum absolute atomic E-state index is 0.140. The van der Waals surface area contributed by atoms with Crippen molar-refractivity contribution in [2.45, 2.75) is 25.5 Å². The van der Waals surface area contributed by atoms with E-state index >= 15 is 0 Å². The Morgan fingerprint density at radius 2 is 2.36 bits per heavy atom. The van der Waals surface area contributed by atoms with E-state index < -0.39 is 0 Å². The van der Waals surface area contributed by atoms with Gasteiger partial charge in [-0.2, -0.15) is 0 Å². The van der Waals surface area contributed by atoms with Crippen LogP contribution in [-0.2, 0) is 4.79 Å². The maximum absolute atomic E-state index is 11.6. The van der Waals surface area contributed by atoms with Crippen LogP contribution < -0.4 is 0 Å². The van der Waals surface area contributed by atoms with Crippen molar-refractivity contribution >= 4 is 29.1 Å². The van der Waals surface area contributed by atoms with Crippen molar-refractivity contribution in [1.29, 1.82) is 0 Å². The molecule has 1 saturated heterocycles. The van der Waals surface area contributed by atoms with Crippen LogP contribution in [0.2, 0.25) is 0 Å². The molecule has 1 atom stereocenters. The molecule has 76 valence electrons. The number of allylic oxidation sites excluding steroid dienone is 4. The zero-order valence-electron chi connectivity index (χ0n) is 8.34. The molecule has 1 aliphatic rings.